The Bertz CT molecular complexity index is 1130. The van der Waals surface area contributed by atoms with Crippen molar-refractivity contribution < 1.29 is 4.74 Å². The fraction of sp³-hybridized carbons (Fsp3) is 0. The normalized spacial score (nSPS) is 12.5. The molecule has 1 aliphatic rings. The number of fused-ring (bicyclic) bond motifs is 5. The molecule has 0 unspecified atom stereocenters. The zero-order chi connectivity index (χ0) is 15.7. The molecule has 0 atom stereocenters. The van der Waals surface area contributed by atoms with Crippen LogP contribution < -0.4 is 4.74 Å². The first-order chi connectivity index (χ1) is 11.1. The molecule has 0 saturated carbocycles. The lowest BCUT2D eigenvalue weighted by Gasteiger charge is -2.21. The third-order valence-electron chi connectivity index (χ3n) is 4.14. The molecule has 2 heterocycles. The van der Waals surface area contributed by atoms with Gasteiger partial charge in [-0.15, -0.1) is 0 Å². The molecule has 2 nitrogen and oxygen atoms in total. The van der Waals surface area contributed by atoms with Gasteiger partial charge in [0, 0.05) is 24.2 Å². The van der Waals surface area contributed by atoms with E-state index in [0.717, 1.165) is 36.1 Å². The minimum Gasteiger partial charge on any atom is -0.453 e. The van der Waals surface area contributed by atoms with E-state index in [4.69, 9.17) is 4.74 Å². The van der Waals surface area contributed by atoms with Crippen molar-refractivity contribution in [3.63, 3.8) is 0 Å². The van der Waals surface area contributed by atoms with Crippen LogP contribution in [0.1, 0.15) is 0 Å². The van der Waals surface area contributed by atoms with E-state index >= 15 is 0 Å². The highest BCUT2D eigenvalue weighted by atomic mass is 79.9. The van der Waals surface area contributed by atoms with Gasteiger partial charge in [-0.25, -0.2) is 0 Å². The van der Waals surface area contributed by atoms with E-state index < -0.39 is 0 Å². The van der Waals surface area contributed by atoms with Crippen LogP contribution in [0.5, 0.6) is 11.5 Å². The van der Waals surface area contributed by atoms with Crippen molar-refractivity contribution in [2.24, 2.45) is 0 Å². The third-order valence-corrected chi connectivity index (χ3v) is 5.58. The van der Waals surface area contributed by atoms with Crippen LogP contribution in [0.15, 0.2) is 61.9 Å². The smallest absolute Gasteiger partial charge is 0.153 e. The topological polar surface area (TPSA) is 14.2 Å². The average Bonchev–Trinajstić information content (AvgIpc) is 2.82. The molecule has 4 aromatic rings. The molecule has 0 bridgehead atoms. The fourth-order valence-corrected chi connectivity index (χ4v) is 4.39. The SMILES string of the molecule is Brc1ccc2c(c1)Oc1cc(Br)cc3c4cc(Br)ccc4n-2c13. The summed E-state index contributed by atoms with van der Waals surface area (Å²) in [5.74, 6) is 1.72. The molecule has 5 rings (SSSR count). The quantitative estimate of drug-likeness (QED) is 0.223. The number of nitrogens with zero attached hydrogens (tertiary/aromatic N) is 1. The Morgan fingerprint density at radius 2 is 1.39 bits per heavy atom. The van der Waals surface area contributed by atoms with Gasteiger partial charge in [0.05, 0.1) is 16.7 Å². The zero-order valence-electron chi connectivity index (χ0n) is 11.6. The summed E-state index contributed by atoms with van der Waals surface area (Å²) in [6, 6.07) is 16.7. The number of hydrogen-bond acceptors (Lipinski definition) is 1. The molecule has 0 radical (unpaired) electrons. The fourth-order valence-electron chi connectivity index (χ4n) is 3.25. The summed E-state index contributed by atoms with van der Waals surface area (Å²) in [4.78, 5) is 0. The number of ether oxygens (including phenoxy) is 1. The van der Waals surface area contributed by atoms with Gasteiger partial charge in [-0.1, -0.05) is 47.8 Å². The van der Waals surface area contributed by atoms with Crippen molar-refractivity contribution in [3.8, 4) is 17.2 Å². The van der Waals surface area contributed by atoms with E-state index in [1.807, 2.05) is 18.2 Å². The highest BCUT2D eigenvalue weighted by Gasteiger charge is 2.24. The molecule has 112 valence electrons. The monoisotopic (exact) mass is 491 g/mol. The second kappa shape index (κ2) is 4.85. The van der Waals surface area contributed by atoms with Crippen molar-refractivity contribution >= 4 is 69.6 Å². The molecular formula is C18H8Br3NO. The van der Waals surface area contributed by atoms with Crippen molar-refractivity contribution in [1.29, 1.82) is 0 Å². The van der Waals surface area contributed by atoms with Crippen molar-refractivity contribution in [2.75, 3.05) is 0 Å². The van der Waals surface area contributed by atoms with E-state index in [1.54, 1.807) is 0 Å². The molecule has 0 fully saturated rings. The average molecular weight is 494 g/mol. The lowest BCUT2D eigenvalue weighted by Crippen LogP contribution is -2.04. The lowest BCUT2D eigenvalue weighted by molar-refractivity contribution is 0.476. The standard InChI is InChI=1S/C18H8Br3NO/c19-9-1-3-14-12(5-9)13-6-11(21)8-17-18(13)22(14)15-4-2-10(20)7-16(15)23-17/h1-8H. The molecule has 3 aromatic carbocycles. The van der Waals surface area contributed by atoms with E-state index in [1.165, 1.54) is 16.3 Å². The Hall–Kier alpha value is -1.30. The van der Waals surface area contributed by atoms with E-state index in [0.29, 0.717) is 0 Å². The summed E-state index contributed by atoms with van der Waals surface area (Å²) in [6.45, 7) is 0. The van der Waals surface area contributed by atoms with Gasteiger partial charge in [-0.3, -0.25) is 0 Å². The maximum atomic E-state index is 6.18. The molecule has 0 N–H and O–H groups in total. The Labute approximate surface area is 157 Å². The van der Waals surface area contributed by atoms with Crippen LogP contribution in [-0.4, -0.2) is 4.57 Å². The van der Waals surface area contributed by atoms with Crippen molar-refractivity contribution in [2.45, 2.75) is 0 Å². The summed E-state index contributed by atoms with van der Waals surface area (Å²) in [6.07, 6.45) is 0. The highest BCUT2D eigenvalue weighted by Crippen LogP contribution is 2.47. The van der Waals surface area contributed by atoms with Crippen molar-refractivity contribution in [3.05, 3.63) is 61.9 Å². The molecule has 1 aliphatic heterocycles. The molecule has 23 heavy (non-hydrogen) atoms. The van der Waals surface area contributed by atoms with Gasteiger partial charge in [-0.05, 0) is 48.5 Å². The predicted octanol–water partition coefficient (Wildman–Crippen LogP) is 7.18. The largest absolute Gasteiger partial charge is 0.453 e. The number of aromatic nitrogens is 1. The summed E-state index contributed by atoms with van der Waals surface area (Å²) < 4.78 is 11.5. The molecule has 0 aliphatic carbocycles. The Balaban J connectivity index is 2.06. The van der Waals surface area contributed by atoms with Gasteiger partial charge in [0.25, 0.3) is 0 Å². The Morgan fingerprint density at radius 3 is 2.26 bits per heavy atom. The van der Waals surface area contributed by atoms with E-state index in [2.05, 4.69) is 82.7 Å². The number of halogens is 3. The molecular weight excluding hydrogens is 486 g/mol. The lowest BCUT2D eigenvalue weighted by atomic mass is 10.1. The van der Waals surface area contributed by atoms with Crippen LogP contribution in [0, 0.1) is 0 Å². The zero-order valence-corrected chi connectivity index (χ0v) is 16.4. The van der Waals surface area contributed by atoms with Crippen LogP contribution in [0.2, 0.25) is 0 Å². The molecule has 1 aromatic heterocycles. The second-order valence-electron chi connectivity index (χ2n) is 5.51. The van der Waals surface area contributed by atoms with Crippen LogP contribution in [0.3, 0.4) is 0 Å². The van der Waals surface area contributed by atoms with Gasteiger partial charge in [0.2, 0.25) is 0 Å². The predicted molar refractivity (Wildman–Crippen MR) is 104 cm³/mol. The maximum absolute atomic E-state index is 6.18. The Morgan fingerprint density at radius 1 is 0.696 bits per heavy atom. The van der Waals surface area contributed by atoms with E-state index in [9.17, 15) is 0 Å². The second-order valence-corrected chi connectivity index (χ2v) is 8.26. The summed E-state index contributed by atoms with van der Waals surface area (Å²) in [5, 5.41) is 2.38. The maximum Gasteiger partial charge on any atom is 0.153 e. The first-order valence-electron chi connectivity index (χ1n) is 7.03. The van der Waals surface area contributed by atoms with E-state index in [-0.39, 0.29) is 0 Å². The Kier molecular flexibility index (Phi) is 2.97. The first kappa shape index (κ1) is 14.1. The van der Waals surface area contributed by atoms with Crippen LogP contribution in [0.25, 0.3) is 27.5 Å². The summed E-state index contributed by atoms with van der Waals surface area (Å²) >= 11 is 10.7. The van der Waals surface area contributed by atoms with Gasteiger partial charge in [0.15, 0.2) is 11.5 Å². The summed E-state index contributed by atoms with van der Waals surface area (Å²) in [5.41, 5.74) is 3.34. The first-order valence-corrected chi connectivity index (χ1v) is 9.41. The minimum atomic E-state index is 0.853. The number of hydrogen-bond donors (Lipinski definition) is 0. The molecule has 0 spiro atoms. The van der Waals surface area contributed by atoms with Crippen LogP contribution in [-0.2, 0) is 0 Å². The van der Waals surface area contributed by atoms with Crippen molar-refractivity contribution in [1.82, 2.24) is 4.57 Å². The third kappa shape index (κ3) is 1.96. The number of benzene rings is 3. The van der Waals surface area contributed by atoms with Gasteiger partial charge in [0.1, 0.15) is 0 Å². The van der Waals surface area contributed by atoms with Gasteiger partial charge in [-0.2, -0.15) is 0 Å². The number of rotatable bonds is 0. The highest BCUT2D eigenvalue weighted by molar-refractivity contribution is 9.11. The van der Waals surface area contributed by atoms with Gasteiger partial charge < -0.3 is 9.30 Å². The molecule has 0 amide bonds. The minimum absolute atomic E-state index is 0.853. The molecule has 0 saturated heterocycles. The van der Waals surface area contributed by atoms with Crippen LogP contribution in [0.4, 0.5) is 0 Å². The van der Waals surface area contributed by atoms with Gasteiger partial charge >= 0.3 is 0 Å². The summed E-state index contributed by atoms with van der Waals surface area (Å²) in [7, 11) is 0. The molecule has 5 heteroatoms. The van der Waals surface area contributed by atoms with Crippen LogP contribution >= 0.6 is 47.8 Å².